The van der Waals surface area contributed by atoms with Gasteiger partial charge in [0, 0.05) is 24.2 Å². The summed E-state index contributed by atoms with van der Waals surface area (Å²) < 4.78 is 1.81. The molecule has 0 aliphatic heterocycles. The molecule has 1 heterocycles. The normalized spacial score (nSPS) is 14.2. The quantitative estimate of drug-likeness (QED) is 0.420. The van der Waals surface area contributed by atoms with E-state index in [-0.39, 0.29) is 17.3 Å². The van der Waals surface area contributed by atoms with Crippen molar-refractivity contribution in [2.75, 3.05) is 10.6 Å². The molecule has 8 nitrogen and oxygen atoms in total. The lowest BCUT2D eigenvalue weighted by Crippen LogP contribution is -2.18. The molecule has 0 saturated heterocycles. The Morgan fingerprint density at radius 1 is 1.23 bits per heavy atom. The van der Waals surface area contributed by atoms with Gasteiger partial charge in [0.15, 0.2) is 0 Å². The third-order valence-corrected chi connectivity index (χ3v) is 5.38. The van der Waals surface area contributed by atoms with E-state index in [2.05, 4.69) is 22.7 Å². The van der Waals surface area contributed by atoms with Gasteiger partial charge in [-0.05, 0) is 43.4 Å². The second kappa shape index (κ2) is 8.36. The number of carbonyl (C=O) groups is 1. The Kier molecular flexibility index (Phi) is 5.47. The lowest BCUT2D eigenvalue weighted by atomic mass is 10.1. The molecule has 1 saturated carbocycles. The highest BCUT2D eigenvalue weighted by Crippen LogP contribution is 2.40. The van der Waals surface area contributed by atoms with Crippen molar-refractivity contribution in [3.05, 3.63) is 82.0 Å². The summed E-state index contributed by atoms with van der Waals surface area (Å²) in [6.45, 7) is 2.53. The fourth-order valence-electron chi connectivity index (χ4n) is 3.47. The summed E-state index contributed by atoms with van der Waals surface area (Å²) in [5, 5.41) is 21.8. The number of carbonyl (C=O) groups excluding carboxylic acids is 1. The van der Waals surface area contributed by atoms with Crippen LogP contribution >= 0.6 is 0 Å². The van der Waals surface area contributed by atoms with E-state index in [0.29, 0.717) is 24.0 Å². The largest absolute Gasteiger partial charge is 0.375 e. The van der Waals surface area contributed by atoms with E-state index in [1.54, 1.807) is 29.1 Å². The van der Waals surface area contributed by atoms with Crippen LogP contribution in [0.15, 0.2) is 60.8 Å². The van der Waals surface area contributed by atoms with Gasteiger partial charge >= 0.3 is 0 Å². The maximum atomic E-state index is 12.7. The SMILES string of the molecule is CC(C1CC1)n1nccc1NC(=O)c1ccc(NCc2ccccc2)c([N+](=O)[O-])c1. The molecular weight excluding hydrogens is 382 g/mol. The predicted molar refractivity (Wildman–Crippen MR) is 114 cm³/mol. The van der Waals surface area contributed by atoms with Crippen molar-refractivity contribution >= 4 is 23.1 Å². The highest BCUT2D eigenvalue weighted by atomic mass is 16.6. The molecule has 8 heteroatoms. The Balaban J connectivity index is 1.50. The molecule has 0 bridgehead atoms. The average Bonchev–Trinajstić information content (AvgIpc) is 3.51. The third kappa shape index (κ3) is 4.32. The monoisotopic (exact) mass is 405 g/mol. The van der Waals surface area contributed by atoms with Gasteiger partial charge in [-0.2, -0.15) is 5.10 Å². The first-order chi connectivity index (χ1) is 14.5. The zero-order valence-electron chi connectivity index (χ0n) is 16.6. The second-order valence-electron chi connectivity index (χ2n) is 7.52. The van der Waals surface area contributed by atoms with Crippen LogP contribution in [0.2, 0.25) is 0 Å². The number of nitrogens with zero attached hydrogens (tertiary/aromatic N) is 3. The molecule has 1 atom stereocenters. The van der Waals surface area contributed by atoms with E-state index in [9.17, 15) is 14.9 Å². The van der Waals surface area contributed by atoms with E-state index in [1.807, 2.05) is 30.3 Å². The van der Waals surface area contributed by atoms with Crippen LogP contribution in [-0.4, -0.2) is 20.6 Å². The van der Waals surface area contributed by atoms with Crippen LogP contribution in [0, 0.1) is 16.0 Å². The minimum atomic E-state index is -0.483. The van der Waals surface area contributed by atoms with Crippen molar-refractivity contribution in [3.63, 3.8) is 0 Å². The Bertz CT molecular complexity index is 1060. The summed E-state index contributed by atoms with van der Waals surface area (Å²) >= 11 is 0. The van der Waals surface area contributed by atoms with Crippen LogP contribution in [0.1, 0.15) is 41.7 Å². The third-order valence-electron chi connectivity index (χ3n) is 5.38. The van der Waals surface area contributed by atoms with Gasteiger partial charge in [-0.1, -0.05) is 30.3 Å². The van der Waals surface area contributed by atoms with Gasteiger partial charge in [-0.3, -0.25) is 14.9 Å². The number of rotatable bonds is 8. The number of nitrogens with one attached hydrogen (secondary N) is 2. The van der Waals surface area contributed by atoms with Crippen LogP contribution in [0.25, 0.3) is 0 Å². The Morgan fingerprint density at radius 3 is 2.70 bits per heavy atom. The van der Waals surface area contributed by atoms with E-state index >= 15 is 0 Å². The highest BCUT2D eigenvalue weighted by Gasteiger charge is 2.31. The molecular formula is C22H23N5O3. The highest BCUT2D eigenvalue weighted by molar-refractivity contribution is 6.04. The molecule has 30 heavy (non-hydrogen) atoms. The van der Waals surface area contributed by atoms with Crippen molar-refractivity contribution in [1.29, 1.82) is 0 Å². The molecule has 154 valence electrons. The molecule has 1 aromatic heterocycles. The summed E-state index contributed by atoms with van der Waals surface area (Å²) in [4.78, 5) is 23.8. The molecule has 1 fully saturated rings. The van der Waals surface area contributed by atoms with Crippen molar-refractivity contribution in [3.8, 4) is 0 Å². The summed E-state index contributed by atoms with van der Waals surface area (Å²) in [5.41, 5.74) is 1.46. The molecule has 2 aromatic carbocycles. The van der Waals surface area contributed by atoms with Crippen molar-refractivity contribution < 1.29 is 9.72 Å². The smallest absolute Gasteiger partial charge is 0.293 e. The predicted octanol–water partition coefficient (Wildman–Crippen LogP) is 4.63. The summed E-state index contributed by atoms with van der Waals surface area (Å²) in [5.74, 6) is 0.766. The number of hydrogen-bond acceptors (Lipinski definition) is 5. The molecule has 3 aromatic rings. The maximum Gasteiger partial charge on any atom is 0.293 e. The van der Waals surface area contributed by atoms with Crippen molar-refractivity contribution in [2.45, 2.75) is 32.4 Å². The number of nitro benzene ring substituents is 1. The fraction of sp³-hybridized carbons (Fsp3) is 0.273. The molecule has 1 aliphatic carbocycles. The van der Waals surface area contributed by atoms with Gasteiger partial charge in [-0.15, -0.1) is 0 Å². The van der Waals surface area contributed by atoms with Crippen LogP contribution in [0.5, 0.6) is 0 Å². The number of anilines is 2. The Labute approximate surface area is 174 Å². The van der Waals surface area contributed by atoms with E-state index in [4.69, 9.17) is 0 Å². The number of amides is 1. The summed E-state index contributed by atoms with van der Waals surface area (Å²) in [6.07, 6.45) is 3.98. The van der Waals surface area contributed by atoms with Crippen LogP contribution in [0.3, 0.4) is 0 Å². The standard InChI is InChI=1S/C22H23N5O3/c1-15(17-7-8-17)26-21(11-12-24-26)25-22(28)18-9-10-19(20(13-18)27(29)30)23-14-16-5-3-2-4-6-16/h2-6,9-13,15,17,23H,7-8,14H2,1H3,(H,25,28). The molecule has 1 amide bonds. The van der Waals surface area contributed by atoms with Gasteiger partial charge in [-0.25, -0.2) is 4.68 Å². The maximum absolute atomic E-state index is 12.7. The zero-order chi connectivity index (χ0) is 21.1. The Hall–Kier alpha value is -3.68. The minimum absolute atomic E-state index is 0.140. The molecule has 0 spiro atoms. The first kappa shape index (κ1) is 19.6. The summed E-state index contributed by atoms with van der Waals surface area (Å²) in [6, 6.07) is 16.0. The topological polar surface area (TPSA) is 102 Å². The number of aromatic nitrogens is 2. The lowest BCUT2D eigenvalue weighted by Gasteiger charge is -2.15. The lowest BCUT2D eigenvalue weighted by molar-refractivity contribution is -0.384. The van der Waals surface area contributed by atoms with Gasteiger partial charge in [0.1, 0.15) is 11.5 Å². The average molecular weight is 405 g/mol. The molecule has 4 rings (SSSR count). The van der Waals surface area contributed by atoms with Gasteiger partial charge in [0.05, 0.1) is 17.2 Å². The van der Waals surface area contributed by atoms with Gasteiger partial charge in [0.25, 0.3) is 11.6 Å². The number of hydrogen-bond donors (Lipinski definition) is 2. The van der Waals surface area contributed by atoms with Crippen LogP contribution in [-0.2, 0) is 6.54 Å². The molecule has 1 unspecified atom stereocenters. The van der Waals surface area contributed by atoms with Crippen LogP contribution < -0.4 is 10.6 Å². The van der Waals surface area contributed by atoms with Gasteiger partial charge in [0.2, 0.25) is 0 Å². The van der Waals surface area contributed by atoms with E-state index < -0.39 is 10.8 Å². The first-order valence-electron chi connectivity index (χ1n) is 9.94. The van der Waals surface area contributed by atoms with Crippen LogP contribution in [0.4, 0.5) is 17.2 Å². The summed E-state index contributed by atoms with van der Waals surface area (Å²) in [7, 11) is 0. The molecule has 2 N–H and O–H groups in total. The van der Waals surface area contributed by atoms with Gasteiger partial charge < -0.3 is 10.6 Å². The first-order valence-corrected chi connectivity index (χ1v) is 9.94. The molecule has 1 aliphatic rings. The minimum Gasteiger partial charge on any atom is -0.375 e. The number of benzene rings is 2. The van der Waals surface area contributed by atoms with Crippen molar-refractivity contribution in [2.24, 2.45) is 5.92 Å². The van der Waals surface area contributed by atoms with E-state index in [1.165, 1.54) is 6.07 Å². The van der Waals surface area contributed by atoms with Crippen molar-refractivity contribution in [1.82, 2.24) is 9.78 Å². The second-order valence-corrected chi connectivity index (χ2v) is 7.52. The number of nitro groups is 1. The van der Waals surface area contributed by atoms with E-state index in [0.717, 1.165) is 18.4 Å². The zero-order valence-corrected chi connectivity index (χ0v) is 16.6. The fourth-order valence-corrected chi connectivity index (χ4v) is 3.47. The Morgan fingerprint density at radius 2 is 2.00 bits per heavy atom. The molecule has 0 radical (unpaired) electrons.